The molecule has 2 atom stereocenters. The average molecular weight is 332 g/mol. The number of carbonyl (C=O) groups excluding carboxylic acids is 1. The number of ether oxygens (including phenoxy) is 1. The number of nitrogens with one attached hydrogen (secondary N) is 1. The highest BCUT2D eigenvalue weighted by molar-refractivity contribution is 5.74. The van der Waals surface area contributed by atoms with E-state index >= 15 is 0 Å². The van der Waals surface area contributed by atoms with Crippen molar-refractivity contribution >= 4 is 6.03 Å². The van der Waals surface area contributed by atoms with Gasteiger partial charge in [0.25, 0.3) is 0 Å². The van der Waals surface area contributed by atoms with Gasteiger partial charge in [0.05, 0.1) is 12.1 Å². The van der Waals surface area contributed by atoms with E-state index < -0.39 is 0 Å². The Hall–Kier alpha value is -1.66. The molecule has 132 valence electrons. The van der Waals surface area contributed by atoms with E-state index in [2.05, 4.69) is 21.3 Å². The van der Waals surface area contributed by atoms with Crippen LogP contribution in [0.2, 0.25) is 0 Å². The van der Waals surface area contributed by atoms with Crippen LogP contribution in [0.15, 0.2) is 24.5 Å². The van der Waals surface area contributed by atoms with E-state index in [9.17, 15) is 4.79 Å². The summed E-state index contributed by atoms with van der Waals surface area (Å²) in [6, 6.07) is 5.14. The van der Waals surface area contributed by atoms with Crippen LogP contribution in [0.3, 0.4) is 0 Å². The molecule has 1 aromatic heterocycles. The van der Waals surface area contributed by atoms with Gasteiger partial charge in [0.1, 0.15) is 0 Å². The third-order valence-electron chi connectivity index (χ3n) is 5.06. The quantitative estimate of drug-likeness (QED) is 0.917. The predicted octanol–water partition coefficient (Wildman–Crippen LogP) is 2.04. The second kappa shape index (κ2) is 7.49. The number of pyridine rings is 1. The summed E-state index contributed by atoms with van der Waals surface area (Å²) in [5.74, 6) is 0. The molecule has 1 N–H and O–H groups in total. The molecule has 24 heavy (non-hydrogen) atoms. The fourth-order valence-corrected chi connectivity index (χ4v) is 3.77. The van der Waals surface area contributed by atoms with Gasteiger partial charge < -0.3 is 15.0 Å². The maximum atomic E-state index is 12.1. The minimum Gasteiger partial charge on any atom is -0.378 e. The zero-order chi connectivity index (χ0) is 17.1. The monoisotopic (exact) mass is 332 g/mol. The number of aromatic nitrogens is 1. The van der Waals surface area contributed by atoms with E-state index in [0.717, 1.165) is 32.5 Å². The third kappa shape index (κ3) is 3.54. The number of piperidine rings is 1. The predicted molar refractivity (Wildman–Crippen MR) is 92.7 cm³/mol. The van der Waals surface area contributed by atoms with Gasteiger partial charge in [-0.05, 0) is 38.3 Å². The Morgan fingerprint density at radius 2 is 2.12 bits per heavy atom. The van der Waals surface area contributed by atoms with Crippen molar-refractivity contribution in [3.8, 4) is 0 Å². The number of methoxy groups -OCH3 is 1. The van der Waals surface area contributed by atoms with E-state index in [4.69, 9.17) is 4.74 Å². The zero-order valence-corrected chi connectivity index (χ0v) is 14.8. The van der Waals surface area contributed by atoms with E-state index in [1.165, 1.54) is 5.56 Å². The van der Waals surface area contributed by atoms with Gasteiger partial charge in [0.2, 0.25) is 0 Å². The maximum absolute atomic E-state index is 12.1. The summed E-state index contributed by atoms with van der Waals surface area (Å²) < 4.78 is 5.63. The Morgan fingerprint density at radius 3 is 2.71 bits per heavy atom. The molecule has 0 radical (unpaired) electrons. The number of likely N-dealkylation sites (tertiary alicyclic amines) is 2. The van der Waals surface area contributed by atoms with Gasteiger partial charge in [0, 0.05) is 51.2 Å². The van der Waals surface area contributed by atoms with Crippen molar-refractivity contribution in [2.45, 2.75) is 50.9 Å². The molecule has 6 heteroatoms. The van der Waals surface area contributed by atoms with Crippen molar-refractivity contribution in [2.75, 3.05) is 26.7 Å². The molecule has 0 aliphatic carbocycles. The Bertz CT molecular complexity index is 543. The van der Waals surface area contributed by atoms with E-state index in [1.807, 2.05) is 31.0 Å². The molecule has 0 aromatic carbocycles. The minimum absolute atomic E-state index is 0.0608. The molecule has 2 aliphatic rings. The van der Waals surface area contributed by atoms with E-state index in [-0.39, 0.29) is 24.2 Å². The average Bonchev–Trinajstić information content (AvgIpc) is 2.55. The highest BCUT2D eigenvalue weighted by Crippen LogP contribution is 2.39. The Kier molecular flexibility index (Phi) is 5.36. The first-order chi connectivity index (χ1) is 11.6. The largest absolute Gasteiger partial charge is 0.378 e. The molecular formula is C18H28N4O2. The molecule has 0 spiro atoms. The van der Waals surface area contributed by atoms with Crippen LogP contribution in [0.25, 0.3) is 0 Å². The second-order valence-corrected chi connectivity index (χ2v) is 7.02. The van der Waals surface area contributed by atoms with Gasteiger partial charge in [-0.2, -0.15) is 0 Å². The Balaban J connectivity index is 1.59. The highest BCUT2D eigenvalue weighted by atomic mass is 16.5. The standard InChI is InChI=1S/C18H28N4O2/c1-13(2)20-18(23)21-9-6-15(7-10-21)22-12-16(24-3)17(22)14-5-4-8-19-11-14/h4-5,8,11,13,15-17H,6-7,9-10,12H2,1-3H3,(H,20,23)/t16-,17-/m0/s1. The molecule has 3 heterocycles. The second-order valence-electron chi connectivity index (χ2n) is 7.02. The lowest BCUT2D eigenvalue weighted by Crippen LogP contribution is -2.61. The first kappa shape index (κ1) is 17.2. The van der Waals surface area contributed by atoms with Crippen LogP contribution >= 0.6 is 0 Å². The number of hydrogen-bond acceptors (Lipinski definition) is 4. The number of rotatable bonds is 4. The van der Waals surface area contributed by atoms with E-state index in [0.29, 0.717) is 6.04 Å². The molecule has 2 aliphatic heterocycles. The van der Waals surface area contributed by atoms with Crippen molar-refractivity contribution in [1.29, 1.82) is 0 Å². The fraction of sp³-hybridized carbons (Fsp3) is 0.667. The lowest BCUT2D eigenvalue weighted by Gasteiger charge is -2.52. The summed E-state index contributed by atoms with van der Waals surface area (Å²) >= 11 is 0. The lowest BCUT2D eigenvalue weighted by atomic mass is 9.88. The Morgan fingerprint density at radius 1 is 1.38 bits per heavy atom. The van der Waals surface area contributed by atoms with Crippen LogP contribution < -0.4 is 5.32 Å². The SMILES string of the molecule is CO[C@H]1CN(C2CCN(C(=O)NC(C)C)CC2)[C@H]1c1cccnc1. The number of nitrogens with zero attached hydrogens (tertiary/aromatic N) is 3. The Labute approximate surface area is 144 Å². The molecule has 0 saturated carbocycles. The van der Waals surface area contributed by atoms with Crippen LogP contribution in [0, 0.1) is 0 Å². The molecular weight excluding hydrogens is 304 g/mol. The van der Waals surface area contributed by atoms with Crippen LogP contribution in [0.5, 0.6) is 0 Å². The number of amides is 2. The van der Waals surface area contributed by atoms with Crippen molar-refractivity contribution < 1.29 is 9.53 Å². The van der Waals surface area contributed by atoms with Crippen molar-refractivity contribution in [1.82, 2.24) is 20.1 Å². The van der Waals surface area contributed by atoms with Crippen LogP contribution in [-0.4, -0.2) is 65.7 Å². The maximum Gasteiger partial charge on any atom is 0.317 e. The summed E-state index contributed by atoms with van der Waals surface area (Å²) in [6.45, 7) is 6.58. The van der Waals surface area contributed by atoms with Crippen LogP contribution in [0.4, 0.5) is 4.79 Å². The van der Waals surface area contributed by atoms with Gasteiger partial charge >= 0.3 is 6.03 Å². The summed E-state index contributed by atoms with van der Waals surface area (Å²) in [5, 5.41) is 2.98. The summed E-state index contributed by atoms with van der Waals surface area (Å²) in [4.78, 5) is 20.8. The first-order valence-corrected chi connectivity index (χ1v) is 8.84. The molecule has 2 saturated heterocycles. The van der Waals surface area contributed by atoms with Gasteiger partial charge in [-0.1, -0.05) is 6.07 Å². The smallest absolute Gasteiger partial charge is 0.317 e. The van der Waals surface area contributed by atoms with Gasteiger partial charge in [-0.3, -0.25) is 9.88 Å². The molecule has 2 fully saturated rings. The van der Waals surface area contributed by atoms with Crippen LogP contribution in [-0.2, 0) is 4.74 Å². The molecule has 0 bridgehead atoms. The zero-order valence-electron chi connectivity index (χ0n) is 14.8. The highest BCUT2D eigenvalue weighted by Gasteiger charge is 2.44. The lowest BCUT2D eigenvalue weighted by molar-refractivity contribution is -0.115. The normalized spacial score (nSPS) is 25.6. The fourth-order valence-electron chi connectivity index (χ4n) is 3.77. The summed E-state index contributed by atoms with van der Waals surface area (Å²) in [5.41, 5.74) is 1.22. The number of urea groups is 1. The van der Waals surface area contributed by atoms with Gasteiger partial charge in [-0.15, -0.1) is 0 Å². The molecule has 0 unspecified atom stereocenters. The van der Waals surface area contributed by atoms with Crippen molar-refractivity contribution in [3.63, 3.8) is 0 Å². The van der Waals surface area contributed by atoms with Gasteiger partial charge in [-0.25, -0.2) is 4.79 Å². The van der Waals surface area contributed by atoms with Gasteiger partial charge in [0.15, 0.2) is 0 Å². The topological polar surface area (TPSA) is 57.7 Å². The summed E-state index contributed by atoms with van der Waals surface area (Å²) in [7, 11) is 1.78. The van der Waals surface area contributed by atoms with E-state index in [1.54, 1.807) is 13.3 Å². The van der Waals surface area contributed by atoms with Crippen LogP contribution in [0.1, 0.15) is 38.3 Å². The molecule has 3 rings (SSSR count). The summed E-state index contributed by atoms with van der Waals surface area (Å²) in [6.07, 6.45) is 6.00. The van der Waals surface area contributed by atoms with Crippen molar-refractivity contribution in [2.24, 2.45) is 0 Å². The minimum atomic E-state index is 0.0608. The molecule has 1 aromatic rings. The number of carbonyl (C=O) groups is 1. The molecule has 2 amide bonds. The number of hydrogen-bond donors (Lipinski definition) is 1. The third-order valence-corrected chi connectivity index (χ3v) is 5.06. The van der Waals surface area contributed by atoms with Crippen molar-refractivity contribution in [3.05, 3.63) is 30.1 Å². The first-order valence-electron chi connectivity index (χ1n) is 8.84. The molecule has 6 nitrogen and oxygen atoms in total.